The monoisotopic (exact) mass is 304 g/mol. The van der Waals surface area contributed by atoms with Crippen molar-refractivity contribution >= 4 is 11.8 Å². The lowest BCUT2D eigenvalue weighted by Gasteiger charge is -2.17. The first kappa shape index (κ1) is 15.0. The lowest BCUT2D eigenvalue weighted by molar-refractivity contribution is 0.865. The molecule has 0 unspecified atom stereocenters. The molecule has 4 heteroatoms. The molecule has 2 aromatic carbocycles. The Morgan fingerprint density at radius 3 is 2.22 bits per heavy atom. The predicted molar refractivity (Wildman–Crippen MR) is 94.3 cm³/mol. The number of hydrogen-bond acceptors (Lipinski definition) is 4. The molecular weight excluding hydrogens is 284 g/mol. The van der Waals surface area contributed by atoms with Gasteiger partial charge in [0.2, 0.25) is 5.95 Å². The van der Waals surface area contributed by atoms with Gasteiger partial charge in [-0.2, -0.15) is 4.98 Å². The normalized spacial score (nSPS) is 10.3. The van der Waals surface area contributed by atoms with Crippen LogP contribution in [0.1, 0.15) is 11.1 Å². The molecule has 0 saturated heterocycles. The summed E-state index contributed by atoms with van der Waals surface area (Å²) in [5, 5.41) is 3.34. The zero-order chi connectivity index (χ0) is 15.9. The zero-order valence-corrected chi connectivity index (χ0v) is 13.2. The fourth-order valence-electron chi connectivity index (χ4n) is 2.35. The third kappa shape index (κ3) is 4.30. The molecule has 23 heavy (non-hydrogen) atoms. The van der Waals surface area contributed by atoms with Crippen molar-refractivity contribution in [1.82, 2.24) is 9.97 Å². The molecule has 0 aliphatic rings. The van der Waals surface area contributed by atoms with Crippen LogP contribution in [0.25, 0.3) is 0 Å². The van der Waals surface area contributed by atoms with Crippen LogP contribution in [0.5, 0.6) is 0 Å². The highest BCUT2D eigenvalue weighted by molar-refractivity contribution is 5.42. The maximum atomic E-state index is 4.59. The van der Waals surface area contributed by atoms with Gasteiger partial charge in [-0.1, -0.05) is 60.7 Å². The summed E-state index contributed by atoms with van der Waals surface area (Å²) in [4.78, 5) is 11.0. The molecule has 3 rings (SSSR count). The highest BCUT2D eigenvalue weighted by atomic mass is 15.2. The van der Waals surface area contributed by atoms with Crippen LogP contribution in [0.15, 0.2) is 72.9 Å². The second-order valence-corrected chi connectivity index (χ2v) is 5.42. The van der Waals surface area contributed by atoms with E-state index in [1.807, 2.05) is 54.4 Å². The van der Waals surface area contributed by atoms with E-state index in [1.54, 1.807) is 6.20 Å². The Morgan fingerprint density at radius 2 is 1.52 bits per heavy atom. The lowest BCUT2D eigenvalue weighted by Crippen LogP contribution is -2.19. The topological polar surface area (TPSA) is 41.1 Å². The second kappa shape index (κ2) is 7.40. The second-order valence-electron chi connectivity index (χ2n) is 5.42. The number of nitrogens with zero attached hydrogens (tertiary/aromatic N) is 3. The number of hydrogen-bond donors (Lipinski definition) is 1. The van der Waals surface area contributed by atoms with E-state index in [9.17, 15) is 0 Å². The number of aromatic nitrogens is 2. The van der Waals surface area contributed by atoms with Gasteiger partial charge in [-0.3, -0.25) is 0 Å². The van der Waals surface area contributed by atoms with Crippen molar-refractivity contribution in [3.8, 4) is 0 Å². The first-order valence-corrected chi connectivity index (χ1v) is 7.67. The highest BCUT2D eigenvalue weighted by Gasteiger charge is 2.06. The molecule has 1 N–H and O–H groups in total. The number of anilines is 2. The molecule has 0 aliphatic heterocycles. The van der Waals surface area contributed by atoms with Crippen LogP contribution >= 0.6 is 0 Å². The Labute approximate surface area is 136 Å². The van der Waals surface area contributed by atoms with Gasteiger partial charge in [0.15, 0.2) is 0 Å². The summed E-state index contributed by atoms with van der Waals surface area (Å²) < 4.78 is 0. The van der Waals surface area contributed by atoms with E-state index in [-0.39, 0.29) is 0 Å². The molecule has 4 nitrogen and oxygen atoms in total. The first-order valence-electron chi connectivity index (χ1n) is 7.67. The summed E-state index contributed by atoms with van der Waals surface area (Å²) in [5.41, 5.74) is 2.46. The molecule has 0 amide bonds. The van der Waals surface area contributed by atoms with Gasteiger partial charge in [-0.25, -0.2) is 4.98 Å². The average molecular weight is 304 g/mol. The van der Waals surface area contributed by atoms with Crippen molar-refractivity contribution in [2.75, 3.05) is 17.3 Å². The van der Waals surface area contributed by atoms with Gasteiger partial charge >= 0.3 is 0 Å². The molecule has 0 saturated carbocycles. The number of rotatable bonds is 6. The molecule has 3 aromatic rings. The van der Waals surface area contributed by atoms with Crippen molar-refractivity contribution in [2.24, 2.45) is 0 Å². The smallest absolute Gasteiger partial charge is 0.227 e. The summed E-state index contributed by atoms with van der Waals surface area (Å²) in [7, 11) is 2.00. The maximum Gasteiger partial charge on any atom is 0.227 e. The molecule has 0 radical (unpaired) electrons. The van der Waals surface area contributed by atoms with Gasteiger partial charge in [0, 0.05) is 26.3 Å². The standard InChI is InChI=1S/C19H20N4/c1-23(15-17-10-6-3-7-11-17)19-20-13-12-18(22-19)21-14-16-8-4-2-5-9-16/h2-13H,14-15H2,1H3,(H,20,21,22). The van der Waals surface area contributed by atoms with Gasteiger partial charge in [0.05, 0.1) is 0 Å². The molecule has 1 aromatic heterocycles. The van der Waals surface area contributed by atoms with E-state index in [1.165, 1.54) is 11.1 Å². The Hall–Kier alpha value is -2.88. The minimum atomic E-state index is 0.715. The van der Waals surface area contributed by atoms with Crippen molar-refractivity contribution < 1.29 is 0 Å². The van der Waals surface area contributed by atoms with Crippen molar-refractivity contribution in [2.45, 2.75) is 13.1 Å². The molecule has 0 aliphatic carbocycles. The fourth-order valence-corrected chi connectivity index (χ4v) is 2.35. The molecule has 0 bridgehead atoms. The van der Waals surface area contributed by atoms with E-state index in [0.29, 0.717) is 5.95 Å². The van der Waals surface area contributed by atoms with E-state index in [0.717, 1.165) is 18.9 Å². The molecule has 0 atom stereocenters. The molecule has 116 valence electrons. The maximum absolute atomic E-state index is 4.59. The van der Waals surface area contributed by atoms with Gasteiger partial charge in [0.25, 0.3) is 0 Å². The Kier molecular flexibility index (Phi) is 4.84. The van der Waals surface area contributed by atoms with Crippen molar-refractivity contribution in [3.63, 3.8) is 0 Å². The SMILES string of the molecule is CN(Cc1ccccc1)c1nccc(NCc2ccccc2)n1. The van der Waals surface area contributed by atoms with E-state index < -0.39 is 0 Å². The van der Waals surface area contributed by atoms with Gasteiger partial charge in [0.1, 0.15) is 5.82 Å². The number of benzene rings is 2. The van der Waals surface area contributed by atoms with Crippen molar-refractivity contribution in [3.05, 3.63) is 84.1 Å². The summed E-state index contributed by atoms with van der Waals surface area (Å²) in [6.07, 6.45) is 1.79. The minimum absolute atomic E-state index is 0.715. The molecule has 0 spiro atoms. The van der Waals surface area contributed by atoms with Crippen LogP contribution in [0.2, 0.25) is 0 Å². The Bertz CT molecular complexity index is 729. The van der Waals surface area contributed by atoms with Gasteiger partial charge in [-0.15, -0.1) is 0 Å². The fraction of sp³-hybridized carbons (Fsp3) is 0.158. The summed E-state index contributed by atoms with van der Waals surface area (Å²) in [6.45, 7) is 1.53. The number of nitrogens with one attached hydrogen (secondary N) is 1. The van der Waals surface area contributed by atoms with Gasteiger partial charge in [-0.05, 0) is 17.2 Å². The highest BCUT2D eigenvalue weighted by Crippen LogP contribution is 2.13. The minimum Gasteiger partial charge on any atom is -0.366 e. The third-order valence-electron chi connectivity index (χ3n) is 3.56. The summed E-state index contributed by atoms with van der Waals surface area (Å²) in [5.74, 6) is 1.55. The van der Waals surface area contributed by atoms with Crippen molar-refractivity contribution in [1.29, 1.82) is 0 Å². The average Bonchev–Trinajstić information content (AvgIpc) is 2.62. The molecule has 1 heterocycles. The van der Waals surface area contributed by atoms with Gasteiger partial charge < -0.3 is 10.2 Å². The molecular formula is C19H20N4. The largest absolute Gasteiger partial charge is 0.366 e. The Morgan fingerprint density at radius 1 is 0.870 bits per heavy atom. The van der Waals surface area contributed by atoms with Crippen LogP contribution in [0.3, 0.4) is 0 Å². The third-order valence-corrected chi connectivity index (χ3v) is 3.56. The van der Waals surface area contributed by atoms with E-state index in [4.69, 9.17) is 0 Å². The lowest BCUT2D eigenvalue weighted by atomic mass is 10.2. The first-order chi connectivity index (χ1) is 11.3. The molecule has 0 fully saturated rings. The summed E-state index contributed by atoms with van der Waals surface area (Å²) in [6, 6.07) is 22.5. The zero-order valence-electron chi connectivity index (χ0n) is 13.2. The van der Waals surface area contributed by atoms with Crippen LogP contribution in [0, 0.1) is 0 Å². The van der Waals surface area contributed by atoms with Crippen LogP contribution in [-0.4, -0.2) is 17.0 Å². The quantitative estimate of drug-likeness (QED) is 0.753. The summed E-state index contributed by atoms with van der Waals surface area (Å²) >= 11 is 0. The Balaban J connectivity index is 1.64. The predicted octanol–water partition coefficient (Wildman–Crippen LogP) is 3.73. The van der Waals surface area contributed by atoms with E-state index >= 15 is 0 Å². The van der Waals surface area contributed by atoms with Crippen LogP contribution in [0.4, 0.5) is 11.8 Å². The van der Waals surface area contributed by atoms with Crippen LogP contribution < -0.4 is 10.2 Å². The van der Waals surface area contributed by atoms with E-state index in [2.05, 4.69) is 39.6 Å². The van der Waals surface area contributed by atoms with Crippen LogP contribution in [-0.2, 0) is 13.1 Å².